The van der Waals surface area contributed by atoms with E-state index in [-0.39, 0.29) is 30.6 Å². The van der Waals surface area contributed by atoms with E-state index in [1.165, 1.54) is 13.5 Å². The number of hydrogen-bond donors (Lipinski definition) is 1. The SMILES string of the molecule is COC(=O)[C@@H]1C[C@@H]2CCCC[C@H]2N1CC(=O)NC[C@H]1COc2ccccc2O1. The minimum atomic E-state index is -0.315. The van der Waals surface area contributed by atoms with Crippen molar-refractivity contribution in [2.45, 2.75) is 50.3 Å². The number of nitrogens with zero attached hydrogens (tertiary/aromatic N) is 1. The first-order valence-corrected chi connectivity index (χ1v) is 10.1. The van der Waals surface area contributed by atoms with Crippen LogP contribution in [0.5, 0.6) is 11.5 Å². The van der Waals surface area contributed by atoms with Crippen LogP contribution in [0, 0.1) is 5.92 Å². The van der Waals surface area contributed by atoms with Gasteiger partial charge < -0.3 is 19.5 Å². The van der Waals surface area contributed by atoms with Crippen LogP contribution < -0.4 is 14.8 Å². The fourth-order valence-electron chi connectivity index (χ4n) is 4.76. The Labute approximate surface area is 165 Å². The molecule has 28 heavy (non-hydrogen) atoms. The van der Waals surface area contributed by atoms with Crippen molar-refractivity contribution in [1.82, 2.24) is 10.2 Å². The molecule has 1 aliphatic carbocycles. The number of likely N-dealkylation sites (tertiary alicyclic amines) is 1. The highest BCUT2D eigenvalue weighted by Gasteiger charge is 2.46. The van der Waals surface area contributed by atoms with Crippen molar-refractivity contribution >= 4 is 11.9 Å². The zero-order valence-corrected chi connectivity index (χ0v) is 16.3. The van der Waals surface area contributed by atoms with Gasteiger partial charge in [0.05, 0.1) is 20.2 Å². The summed E-state index contributed by atoms with van der Waals surface area (Å²) in [6.45, 7) is 0.986. The number of hydrogen-bond acceptors (Lipinski definition) is 6. The van der Waals surface area contributed by atoms with Gasteiger partial charge in [-0.05, 0) is 37.3 Å². The number of amides is 1. The second kappa shape index (κ2) is 8.39. The van der Waals surface area contributed by atoms with Gasteiger partial charge in [0.2, 0.25) is 5.91 Å². The number of rotatable bonds is 5. The normalized spacial score (nSPS) is 29.0. The van der Waals surface area contributed by atoms with Gasteiger partial charge in [0.25, 0.3) is 0 Å². The van der Waals surface area contributed by atoms with Gasteiger partial charge in [-0.15, -0.1) is 0 Å². The number of nitrogens with one attached hydrogen (secondary N) is 1. The molecule has 4 atom stereocenters. The third-order valence-corrected chi connectivity index (χ3v) is 6.12. The van der Waals surface area contributed by atoms with Crippen molar-refractivity contribution in [3.05, 3.63) is 24.3 Å². The number of ether oxygens (including phenoxy) is 3. The Hall–Kier alpha value is -2.28. The third-order valence-electron chi connectivity index (χ3n) is 6.12. The molecule has 1 aromatic rings. The highest BCUT2D eigenvalue weighted by atomic mass is 16.6. The zero-order valence-electron chi connectivity index (χ0n) is 16.3. The smallest absolute Gasteiger partial charge is 0.323 e. The number of fused-ring (bicyclic) bond motifs is 2. The van der Waals surface area contributed by atoms with Gasteiger partial charge in [-0.25, -0.2) is 0 Å². The van der Waals surface area contributed by atoms with Crippen LogP contribution in [0.2, 0.25) is 0 Å². The predicted octanol–water partition coefficient (Wildman–Crippen LogP) is 1.75. The first-order chi connectivity index (χ1) is 13.7. The van der Waals surface area contributed by atoms with E-state index in [1.807, 2.05) is 24.3 Å². The molecule has 1 saturated carbocycles. The quantitative estimate of drug-likeness (QED) is 0.775. The van der Waals surface area contributed by atoms with Gasteiger partial charge in [-0.3, -0.25) is 14.5 Å². The summed E-state index contributed by atoms with van der Waals surface area (Å²) < 4.78 is 16.6. The van der Waals surface area contributed by atoms with Crippen molar-refractivity contribution in [3.8, 4) is 11.5 Å². The van der Waals surface area contributed by atoms with Crippen LogP contribution in [0.3, 0.4) is 0 Å². The maximum Gasteiger partial charge on any atom is 0.323 e. The van der Waals surface area contributed by atoms with E-state index in [9.17, 15) is 9.59 Å². The average Bonchev–Trinajstić information content (AvgIpc) is 3.10. The van der Waals surface area contributed by atoms with Crippen LogP contribution in [0.1, 0.15) is 32.1 Å². The largest absolute Gasteiger partial charge is 0.486 e. The molecule has 7 heteroatoms. The molecule has 3 aliphatic rings. The first-order valence-electron chi connectivity index (χ1n) is 10.1. The molecule has 0 unspecified atom stereocenters. The highest BCUT2D eigenvalue weighted by molar-refractivity contribution is 5.81. The monoisotopic (exact) mass is 388 g/mol. The Morgan fingerprint density at radius 3 is 2.82 bits per heavy atom. The van der Waals surface area contributed by atoms with Crippen LogP contribution in [0.4, 0.5) is 0 Å². The summed E-state index contributed by atoms with van der Waals surface area (Å²) in [6, 6.07) is 7.50. The van der Waals surface area contributed by atoms with E-state index in [0.717, 1.165) is 31.4 Å². The molecule has 7 nitrogen and oxygen atoms in total. The molecule has 1 saturated heterocycles. The summed E-state index contributed by atoms with van der Waals surface area (Å²) >= 11 is 0. The average molecular weight is 388 g/mol. The van der Waals surface area contributed by atoms with Crippen LogP contribution in [-0.4, -0.2) is 61.8 Å². The number of carbonyl (C=O) groups is 2. The second-order valence-electron chi connectivity index (χ2n) is 7.86. The van der Waals surface area contributed by atoms with Crippen molar-refractivity contribution in [1.29, 1.82) is 0 Å². The Bertz CT molecular complexity index is 725. The molecule has 1 aromatic carbocycles. The molecular weight excluding hydrogens is 360 g/mol. The molecule has 4 rings (SSSR count). The summed E-state index contributed by atoms with van der Waals surface area (Å²) in [5.74, 6) is 1.58. The van der Waals surface area contributed by atoms with Gasteiger partial charge in [0.1, 0.15) is 18.8 Å². The summed E-state index contributed by atoms with van der Waals surface area (Å²) in [6.07, 6.45) is 5.09. The highest BCUT2D eigenvalue weighted by Crippen LogP contribution is 2.39. The number of carbonyl (C=O) groups excluding carboxylic acids is 2. The minimum Gasteiger partial charge on any atom is -0.486 e. The van der Waals surface area contributed by atoms with Crippen molar-refractivity contribution < 1.29 is 23.8 Å². The summed E-state index contributed by atoms with van der Waals surface area (Å²) in [4.78, 5) is 26.9. The van der Waals surface area contributed by atoms with Crippen LogP contribution in [-0.2, 0) is 14.3 Å². The van der Waals surface area contributed by atoms with Crippen molar-refractivity contribution in [3.63, 3.8) is 0 Å². The first kappa shape index (κ1) is 19.1. The molecule has 1 N–H and O–H groups in total. The van der Waals surface area contributed by atoms with E-state index >= 15 is 0 Å². The number of para-hydroxylation sites is 2. The standard InChI is InChI=1S/C21H28N2O5/c1-26-21(25)17-10-14-6-2-3-7-16(14)23(17)12-20(24)22-11-15-13-27-18-8-4-5-9-19(18)28-15/h4-5,8-9,14-17H,2-3,6-7,10-13H2,1H3,(H,22,24)/t14-,15-,16+,17-/m0/s1. The lowest BCUT2D eigenvalue weighted by molar-refractivity contribution is -0.146. The molecule has 0 radical (unpaired) electrons. The lowest BCUT2D eigenvalue weighted by atomic mass is 9.85. The van der Waals surface area contributed by atoms with Gasteiger partial charge in [0, 0.05) is 6.04 Å². The molecule has 2 heterocycles. The van der Waals surface area contributed by atoms with E-state index in [4.69, 9.17) is 14.2 Å². The molecule has 2 aliphatic heterocycles. The molecule has 0 aromatic heterocycles. The third kappa shape index (κ3) is 3.94. The van der Waals surface area contributed by atoms with Gasteiger partial charge >= 0.3 is 5.97 Å². The van der Waals surface area contributed by atoms with Gasteiger partial charge in [-0.1, -0.05) is 25.0 Å². The van der Waals surface area contributed by atoms with Gasteiger partial charge in [0.15, 0.2) is 11.5 Å². The molecule has 152 valence electrons. The lowest BCUT2D eigenvalue weighted by Gasteiger charge is -2.33. The van der Waals surface area contributed by atoms with Crippen molar-refractivity contribution in [2.75, 3.05) is 26.8 Å². The topological polar surface area (TPSA) is 77.1 Å². The van der Waals surface area contributed by atoms with Gasteiger partial charge in [-0.2, -0.15) is 0 Å². The van der Waals surface area contributed by atoms with E-state index in [0.29, 0.717) is 30.9 Å². The Balaban J connectivity index is 1.33. The molecule has 2 fully saturated rings. The van der Waals surface area contributed by atoms with Crippen LogP contribution in [0.25, 0.3) is 0 Å². The van der Waals surface area contributed by atoms with Crippen molar-refractivity contribution in [2.24, 2.45) is 5.92 Å². The second-order valence-corrected chi connectivity index (χ2v) is 7.86. The molecule has 0 bridgehead atoms. The summed E-state index contributed by atoms with van der Waals surface area (Å²) in [5, 5.41) is 2.95. The minimum absolute atomic E-state index is 0.0948. The zero-order chi connectivity index (χ0) is 19.5. The lowest BCUT2D eigenvalue weighted by Crippen LogP contribution is -2.49. The molecule has 0 spiro atoms. The summed E-state index contributed by atoms with van der Waals surface area (Å²) in [7, 11) is 1.42. The van der Waals surface area contributed by atoms with Crippen LogP contribution in [0.15, 0.2) is 24.3 Å². The maximum absolute atomic E-state index is 12.6. The van der Waals surface area contributed by atoms with E-state index in [2.05, 4.69) is 10.2 Å². The number of methoxy groups -OCH3 is 1. The number of esters is 1. The Morgan fingerprint density at radius 2 is 2.00 bits per heavy atom. The summed E-state index contributed by atoms with van der Waals surface area (Å²) in [5.41, 5.74) is 0. The predicted molar refractivity (Wildman–Crippen MR) is 102 cm³/mol. The fourth-order valence-corrected chi connectivity index (χ4v) is 4.76. The Morgan fingerprint density at radius 1 is 1.21 bits per heavy atom. The number of benzene rings is 1. The molecule has 1 amide bonds. The van der Waals surface area contributed by atoms with Crippen LogP contribution >= 0.6 is 0 Å². The van der Waals surface area contributed by atoms with E-state index < -0.39 is 0 Å². The van der Waals surface area contributed by atoms with E-state index in [1.54, 1.807) is 0 Å². The fraction of sp³-hybridized carbons (Fsp3) is 0.619. The Kier molecular flexibility index (Phi) is 5.71. The maximum atomic E-state index is 12.6. The molecular formula is C21H28N2O5.